The first-order chi connectivity index (χ1) is 36.6. The van der Waals surface area contributed by atoms with E-state index in [2.05, 4.69) is 10.3 Å². The van der Waals surface area contributed by atoms with Gasteiger partial charge < -0.3 is 67.1 Å². The second kappa shape index (κ2) is 28.7. The van der Waals surface area contributed by atoms with Crippen molar-refractivity contribution in [2.24, 2.45) is 78.8 Å². The molecule has 430 valence electrons. The third kappa shape index (κ3) is 13.5. The third-order valence-electron chi connectivity index (χ3n) is 15.2. The molecule has 3 rings (SSSR count). The number of carbonyl (C=O) groups is 9. The highest BCUT2D eigenvalue weighted by Gasteiger charge is 2.86. The number of carboxylic acid groups (broad SMARTS) is 2. The lowest BCUT2D eigenvalue weighted by Gasteiger charge is -2.60. The van der Waals surface area contributed by atoms with Crippen LogP contribution in [0.1, 0.15) is 96.1 Å². The van der Waals surface area contributed by atoms with E-state index in [1.807, 2.05) is 5.43 Å². The van der Waals surface area contributed by atoms with Gasteiger partial charge in [-0.25, -0.2) is 14.9 Å². The highest BCUT2D eigenvalue weighted by Crippen LogP contribution is 2.62. The molecule has 0 aliphatic carbocycles. The summed E-state index contributed by atoms with van der Waals surface area (Å²) in [5.74, 6) is -18.9. The number of hydrogen-bond acceptors (Lipinski definition) is 20. The van der Waals surface area contributed by atoms with Crippen LogP contribution in [0.5, 0.6) is 0 Å². The van der Waals surface area contributed by atoms with Crippen molar-refractivity contribution in [3.63, 3.8) is 0 Å². The van der Waals surface area contributed by atoms with Crippen molar-refractivity contribution in [1.29, 1.82) is 0 Å². The quantitative estimate of drug-likeness (QED) is 0.00856. The van der Waals surface area contributed by atoms with Crippen LogP contribution in [0, 0.1) is 32.3 Å². The fourth-order valence-electron chi connectivity index (χ4n) is 10.8. The van der Waals surface area contributed by atoms with Gasteiger partial charge in [0.25, 0.3) is 0 Å². The van der Waals surface area contributed by atoms with E-state index in [4.69, 9.17) is 51.6 Å². The van der Waals surface area contributed by atoms with E-state index in [9.17, 15) is 25.1 Å². The van der Waals surface area contributed by atoms with Crippen molar-refractivity contribution < 1.29 is 58.4 Å². The Morgan fingerprint density at radius 1 is 0.756 bits per heavy atom. The Hall–Kier alpha value is -6.78. The summed E-state index contributed by atoms with van der Waals surface area (Å²) in [6.45, 7) is 3.27. The lowest BCUT2D eigenvalue weighted by Crippen LogP contribution is -2.87. The fraction of sp³-hybridized carbons (Fsp3) is 0.577. The highest BCUT2D eigenvalue weighted by molar-refractivity contribution is 6.35. The number of nitrogens with one attached hydrogen (secondary N) is 2. The van der Waals surface area contributed by atoms with Crippen LogP contribution in [0.3, 0.4) is 0 Å². The summed E-state index contributed by atoms with van der Waals surface area (Å²) in [4.78, 5) is 161. The number of ketones is 7. The lowest BCUT2D eigenvalue weighted by molar-refractivity contribution is -0.548. The van der Waals surface area contributed by atoms with Gasteiger partial charge in [0.1, 0.15) is 11.5 Å². The normalized spacial score (nSPS) is 19.2. The van der Waals surface area contributed by atoms with Crippen molar-refractivity contribution in [2.45, 2.75) is 146 Å². The van der Waals surface area contributed by atoms with Gasteiger partial charge in [0, 0.05) is 19.4 Å². The van der Waals surface area contributed by atoms with Crippen molar-refractivity contribution in [2.75, 3.05) is 19.6 Å². The summed E-state index contributed by atoms with van der Waals surface area (Å²) in [5.41, 5.74) is 42.7. The number of nitro groups is 1. The molecule has 22 N–H and O–H groups in total. The number of hydrogen-bond donors (Lipinski definition) is 13. The molecular formula is C52H79N13O13. The molecule has 0 aromatic heterocycles. The number of rotatable bonds is 37. The molecule has 0 saturated carbocycles. The van der Waals surface area contributed by atoms with E-state index < -0.39 is 172 Å². The first-order valence-corrected chi connectivity index (χ1v) is 25.9. The molecule has 26 nitrogen and oxygen atoms in total. The molecular weight excluding hydrogens is 1010 g/mol. The smallest absolute Gasteiger partial charge is 0.333 e. The molecule has 26 heteroatoms. The standard InChI is InChI=1S/C52H79N13O13/c1-4-29(2)39(58)46(74)50(45(73)36-21-14-25-62-36,40(68)32(54)19-11-12-24-53)49(3,44(72)37(64-65(77)78)28-31-17-9-6-10-18-31)51(41(69)34(56)22-23-38(66)67,42(70)35(57)27-30-15-7-5-8-16-30)52(61,47(75)76)43(71)33(55)20-13-26-63-48(59)60/h5-10,15-18,29,32-37,39,62,64H,4,11-14,19-28,53-58,61H2,1-3H3,(H,66,67)(H,75,76)(H4,59,60,63). The molecule has 0 bridgehead atoms. The molecule has 1 aliphatic rings. The zero-order valence-corrected chi connectivity index (χ0v) is 44.5. The fourth-order valence-corrected chi connectivity index (χ4v) is 10.8. The van der Waals surface area contributed by atoms with Crippen LogP contribution in [0.15, 0.2) is 65.7 Å². The van der Waals surface area contributed by atoms with E-state index in [-0.39, 0.29) is 69.3 Å². The Morgan fingerprint density at radius 3 is 1.77 bits per heavy atom. The molecule has 12 unspecified atom stereocenters. The Morgan fingerprint density at radius 2 is 1.28 bits per heavy atom. The summed E-state index contributed by atoms with van der Waals surface area (Å²) in [6.07, 6.45) is -4.89. The number of nitrogens with zero attached hydrogens (tertiary/aromatic N) is 2. The summed E-state index contributed by atoms with van der Waals surface area (Å²) < 4.78 is 0. The highest BCUT2D eigenvalue weighted by atomic mass is 16.7. The van der Waals surface area contributed by atoms with Crippen LogP contribution < -0.4 is 62.3 Å². The number of unbranched alkanes of at least 4 members (excludes halogenated alkanes) is 1. The summed E-state index contributed by atoms with van der Waals surface area (Å²) in [7, 11) is 0. The minimum Gasteiger partial charge on any atom is -0.481 e. The second-order valence-corrected chi connectivity index (χ2v) is 20.3. The predicted molar refractivity (Wildman–Crippen MR) is 287 cm³/mol. The largest absolute Gasteiger partial charge is 0.481 e. The van der Waals surface area contributed by atoms with Gasteiger partial charge in [-0.2, -0.15) is 0 Å². The molecule has 1 saturated heterocycles. The van der Waals surface area contributed by atoms with Crippen molar-refractivity contribution in [3.8, 4) is 0 Å². The number of carbonyl (C=O) groups excluding carboxylic acids is 7. The van der Waals surface area contributed by atoms with Gasteiger partial charge in [0.15, 0.2) is 62.4 Å². The van der Waals surface area contributed by atoms with Crippen LogP contribution >= 0.6 is 0 Å². The van der Waals surface area contributed by atoms with Gasteiger partial charge in [-0.15, -0.1) is 5.43 Å². The van der Waals surface area contributed by atoms with Gasteiger partial charge in [-0.05, 0) is 88.4 Å². The Balaban J connectivity index is 3.13. The molecule has 2 aromatic rings. The minimum atomic E-state index is -4.55. The maximum atomic E-state index is 17.2. The van der Waals surface area contributed by atoms with Gasteiger partial charge in [0.2, 0.25) is 0 Å². The number of hydrazine groups is 1. The monoisotopic (exact) mass is 1090 g/mol. The number of carboxylic acids is 2. The zero-order valence-electron chi connectivity index (χ0n) is 44.5. The van der Waals surface area contributed by atoms with Crippen LogP contribution in [0.2, 0.25) is 0 Å². The number of benzene rings is 2. The molecule has 1 aliphatic heterocycles. The van der Waals surface area contributed by atoms with Gasteiger partial charge in [-0.1, -0.05) is 87.4 Å². The van der Waals surface area contributed by atoms with Crippen molar-refractivity contribution >= 4 is 58.4 Å². The molecule has 0 amide bonds. The van der Waals surface area contributed by atoms with Gasteiger partial charge in [-0.3, -0.25) is 43.3 Å². The molecule has 12 atom stereocenters. The lowest BCUT2D eigenvalue weighted by atomic mass is 9.36. The maximum Gasteiger partial charge on any atom is 0.333 e. The van der Waals surface area contributed by atoms with Gasteiger partial charge in [0.05, 0.1) is 41.7 Å². The summed E-state index contributed by atoms with van der Waals surface area (Å²) >= 11 is 0. The molecule has 1 fully saturated rings. The Bertz CT molecular complexity index is 2510. The molecule has 1 heterocycles. The summed E-state index contributed by atoms with van der Waals surface area (Å²) in [5, 5.41) is 36.7. The van der Waals surface area contributed by atoms with Crippen LogP contribution in [-0.4, -0.2) is 141 Å². The van der Waals surface area contributed by atoms with E-state index in [0.717, 1.165) is 0 Å². The van der Waals surface area contributed by atoms with Crippen LogP contribution in [0.25, 0.3) is 0 Å². The van der Waals surface area contributed by atoms with Crippen LogP contribution in [-0.2, 0) is 56.0 Å². The number of aliphatic imine (C=N–C) groups is 1. The number of guanidine groups is 1. The topological polar surface area (TPSA) is 508 Å². The molecule has 78 heavy (non-hydrogen) atoms. The first kappa shape index (κ1) is 65.5. The predicted octanol–water partition coefficient (Wildman–Crippen LogP) is -2.15. The average molecular weight is 1090 g/mol. The number of Topliss-reactive ketones (excluding diaryl/α,β-unsaturated/α-hetero) is 7. The number of aliphatic carboxylic acids is 2. The van der Waals surface area contributed by atoms with E-state index in [1.165, 1.54) is 55.5 Å². The van der Waals surface area contributed by atoms with E-state index in [1.54, 1.807) is 19.1 Å². The maximum absolute atomic E-state index is 17.2. The van der Waals surface area contributed by atoms with E-state index in [0.29, 0.717) is 6.92 Å². The third-order valence-corrected chi connectivity index (χ3v) is 15.2. The van der Waals surface area contributed by atoms with Crippen molar-refractivity contribution in [1.82, 2.24) is 10.7 Å². The SMILES string of the molecule is CCC(C)C(N)C(=O)C(C(=O)C(N)CCCCN)(C(=O)C1CCCN1)C(C)(C(=O)C(Cc1ccccc1)N[N+](=O)[O-])C(C(=O)C(N)CCC(=O)O)(C(=O)C(N)Cc1ccccc1)C(N)(C(=O)O)C(=O)C(N)CCCN=C(N)N. The molecule has 0 radical (unpaired) electrons. The second-order valence-electron chi connectivity index (χ2n) is 20.3. The molecule has 0 spiro atoms. The first-order valence-electron chi connectivity index (χ1n) is 25.9. The van der Waals surface area contributed by atoms with E-state index >= 15 is 38.4 Å². The van der Waals surface area contributed by atoms with Crippen molar-refractivity contribution in [3.05, 3.63) is 81.9 Å². The number of nitrogens with two attached hydrogens (primary N) is 9. The minimum absolute atomic E-state index is 0.00602. The Labute approximate surface area is 452 Å². The summed E-state index contributed by atoms with van der Waals surface area (Å²) in [6, 6.07) is -0.821. The zero-order chi connectivity index (χ0) is 58.9. The average Bonchev–Trinajstić information content (AvgIpc) is 3.62. The van der Waals surface area contributed by atoms with Crippen LogP contribution in [0.4, 0.5) is 0 Å². The van der Waals surface area contributed by atoms with Gasteiger partial charge >= 0.3 is 11.9 Å². The Kier molecular flexibility index (Phi) is 24.1. The molecule has 2 aromatic carbocycles.